The minimum atomic E-state index is -1.06. The second kappa shape index (κ2) is 8.20. The minimum absolute atomic E-state index is 0.352. The standard InChI is InChI=1S/C24H24FN5O2/c1-29-12-18(25)22(13-29)32-21-9-16-19(10-20(21)31-3)26-14-27-24(16)17-11-30(2)28-23(17)15-7-5-4-6-8-15/h4-11,14,18,22H,12-13H2,1-3H3/t18-,22-/m0/s1. The van der Waals surface area contributed by atoms with Crippen molar-refractivity contribution in [3.8, 4) is 34.0 Å². The Morgan fingerprint density at radius 1 is 1.00 bits per heavy atom. The average molecular weight is 433 g/mol. The highest BCUT2D eigenvalue weighted by Gasteiger charge is 2.33. The van der Waals surface area contributed by atoms with E-state index >= 15 is 0 Å². The van der Waals surface area contributed by atoms with Crippen molar-refractivity contribution in [2.75, 3.05) is 27.2 Å². The van der Waals surface area contributed by atoms with Crippen molar-refractivity contribution >= 4 is 10.9 Å². The van der Waals surface area contributed by atoms with E-state index < -0.39 is 12.3 Å². The van der Waals surface area contributed by atoms with Crippen LogP contribution < -0.4 is 9.47 Å². The monoisotopic (exact) mass is 433 g/mol. The van der Waals surface area contributed by atoms with Gasteiger partial charge in [-0.25, -0.2) is 14.4 Å². The first kappa shape index (κ1) is 20.4. The van der Waals surface area contributed by atoms with E-state index in [1.165, 1.54) is 6.33 Å². The van der Waals surface area contributed by atoms with Crippen LogP contribution in [-0.4, -0.2) is 64.2 Å². The molecule has 164 valence electrons. The highest BCUT2D eigenvalue weighted by Crippen LogP contribution is 2.39. The fourth-order valence-electron chi connectivity index (χ4n) is 4.19. The van der Waals surface area contributed by atoms with Crippen LogP contribution in [0.5, 0.6) is 11.5 Å². The van der Waals surface area contributed by atoms with Crippen molar-refractivity contribution in [3.05, 3.63) is 55.0 Å². The first-order valence-corrected chi connectivity index (χ1v) is 10.4. The molecule has 0 bridgehead atoms. The van der Waals surface area contributed by atoms with Crippen LogP contribution in [0.1, 0.15) is 0 Å². The molecule has 7 nitrogen and oxygen atoms in total. The largest absolute Gasteiger partial charge is 0.493 e. The van der Waals surface area contributed by atoms with E-state index in [9.17, 15) is 4.39 Å². The van der Waals surface area contributed by atoms with Gasteiger partial charge in [-0.05, 0) is 13.1 Å². The van der Waals surface area contributed by atoms with E-state index in [1.54, 1.807) is 17.9 Å². The number of likely N-dealkylation sites (N-methyl/N-ethyl adjacent to an activating group) is 1. The van der Waals surface area contributed by atoms with Gasteiger partial charge < -0.3 is 9.47 Å². The Kier molecular flexibility index (Phi) is 5.22. The number of hydrogen-bond acceptors (Lipinski definition) is 6. The number of methoxy groups -OCH3 is 1. The zero-order chi connectivity index (χ0) is 22.2. The number of nitrogens with zero attached hydrogens (tertiary/aromatic N) is 5. The molecular formula is C24H24FN5O2. The molecule has 4 aromatic rings. The SMILES string of the molecule is COc1cc2ncnc(-c3cn(C)nc3-c3ccccc3)c2cc1O[C@H]1CN(C)C[C@@H]1F. The van der Waals surface area contributed by atoms with Gasteiger partial charge >= 0.3 is 0 Å². The Hall–Kier alpha value is -3.52. The normalized spacial score (nSPS) is 18.9. The van der Waals surface area contributed by atoms with Gasteiger partial charge in [0.15, 0.2) is 17.7 Å². The number of ether oxygens (including phenoxy) is 2. The molecule has 1 aliphatic heterocycles. The first-order valence-electron chi connectivity index (χ1n) is 10.4. The quantitative estimate of drug-likeness (QED) is 0.478. The highest BCUT2D eigenvalue weighted by molar-refractivity contribution is 5.97. The van der Waals surface area contributed by atoms with Crippen molar-refractivity contribution in [2.45, 2.75) is 12.3 Å². The summed E-state index contributed by atoms with van der Waals surface area (Å²) in [6.07, 6.45) is 1.86. The summed E-state index contributed by atoms with van der Waals surface area (Å²) in [6, 6.07) is 13.6. The molecule has 0 saturated carbocycles. The maximum Gasteiger partial charge on any atom is 0.162 e. The summed E-state index contributed by atoms with van der Waals surface area (Å²) in [5, 5.41) is 5.45. The van der Waals surface area contributed by atoms with Crippen LogP contribution in [0.15, 0.2) is 55.0 Å². The fraction of sp³-hybridized carbons (Fsp3) is 0.292. The molecule has 0 aliphatic carbocycles. The molecule has 8 heteroatoms. The fourth-order valence-corrected chi connectivity index (χ4v) is 4.19. The molecule has 2 aromatic heterocycles. The molecule has 1 aliphatic rings. The first-order chi connectivity index (χ1) is 15.5. The van der Waals surface area contributed by atoms with Crippen molar-refractivity contribution in [3.63, 3.8) is 0 Å². The molecule has 0 amide bonds. The summed E-state index contributed by atoms with van der Waals surface area (Å²) < 4.78 is 27.8. The number of fused-ring (bicyclic) bond motifs is 1. The number of benzene rings is 2. The van der Waals surface area contributed by atoms with Crippen molar-refractivity contribution in [1.82, 2.24) is 24.6 Å². The van der Waals surface area contributed by atoms with E-state index in [-0.39, 0.29) is 0 Å². The molecule has 1 fully saturated rings. The van der Waals surface area contributed by atoms with Gasteiger partial charge in [0, 0.05) is 48.9 Å². The van der Waals surface area contributed by atoms with Gasteiger partial charge in [-0.2, -0.15) is 5.10 Å². The van der Waals surface area contributed by atoms with Crippen LogP contribution in [0.25, 0.3) is 33.4 Å². The maximum atomic E-state index is 14.4. The summed E-state index contributed by atoms with van der Waals surface area (Å²) in [6.45, 7) is 0.867. The lowest BCUT2D eigenvalue weighted by molar-refractivity contribution is 0.135. The van der Waals surface area contributed by atoms with E-state index in [0.717, 1.165) is 27.9 Å². The predicted octanol–water partition coefficient (Wildman–Crippen LogP) is 3.74. The number of rotatable bonds is 5. The van der Waals surface area contributed by atoms with Crippen LogP contribution in [0.4, 0.5) is 4.39 Å². The lowest BCUT2D eigenvalue weighted by Crippen LogP contribution is -2.27. The summed E-state index contributed by atoms with van der Waals surface area (Å²) in [4.78, 5) is 10.9. The molecular weight excluding hydrogens is 409 g/mol. The lowest BCUT2D eigenvalue weighted by atomic mass is 10.0. The molecule has 1 saturated heterocycles. The van der Waals surface area contributed by atoms with Crippen LogP contribution in [0, 0.1) is 0 Å². The second-order valence-electron chi connectivity index (χ2n) is 8.07. The van der Waals surface area contributed by atoms with E-state index in [0.29, 0.717) is 30.1 Å². The Labute approximate surface area is 185 Å². The number of likely N-dealkylation sites (tertiary alicyclic amines) is 1. The Morgan fingerprint density at radius 2 is 1.81 bits per heavy atom. The smallest absolute Gasteiger partial charge is 0.162 e. The zero-order valence-electron chi connectivity index (χ0n) is 18.2. The zero-order valence-corrected chi connectivity index (χ0v) is 18.2. The maximum absolute atomic E-state index is 14.4. The third-order valence-corrected chi connectivity index (χ3v) is 5.71. The average Bonchev–Trinajstić information content (AvgIpc) is 3.34. The van der Waals surface area contributed by atoms with Crippen molar-refractivity contribution < 1.29 is 13.9 Å². The molecule has 2 aromatic carbocycles. The van der Waals surface area contributed by atoms with E-state index in [2.05, 4.69) is 15.1 Å². The summed E-state index contributed by atoms with van der Waals surface area (Å²) in [5.41, 5.74) is 4.14. The van der Waals surface area contributed by atoms with Gasteiger partial charge in [-0.15, -0.1) is 0 Å². The topological polar surface area (TPSA) is 65.3 Å². The van der Waals surface area contributed by atoms with Gasteiger partial charge in [-0.1, -0.05) is 30.3 Å². The Morgan fingerprint density at radius 3 is 2.53 bits per heavy atom. The number of aromatic nitrogens is 4. The molecule has 3 heterocycles. The van der Waals surface area contributed by atoms with Gasteiger partial charge in [0.1, 0.15) is 18.1 Å². The predicted molar refractivity (Wildman–Crippen MR) is 121 cm³/mol. The van der Waals surface area contributed by atoms with Crippen LogP contribution in [0.3, 0.4) is 0 Å². The van der Waals surface area contributed by atoms with Gasteiger partial charge in [0.25, 0.3) is 0 Å². The molecule has 32 heavy (non-hydrogen) atoms. The van der Waals surface area contributed by atoms with E-state index in [4.69, 9.17) is 9.47 Å². The van der Waals surface area contributed by atoms with Crippen molar-refractivity contribution in [1.29, 1.82) is 0 Å². The van der Waals surface area contributed by atoms with E-state index in [1.807, 2.05) is 61.6 Å². The minimum Gasteiger partial charge on any atom is -0.493 e. The van der Waals surface area contributed by atoms with Crippen molar-refractivity contribution in [2.24, 2.45) is 7.05 Å². The summed E-state index contributed by atoms with van der Waals surface area (Å²) in [5.74, 6) is 0.988. The number of hydrogen-bond donors (Lipinski definition) is 0. The van der Waals surface area contributed by atoms with Crippen LogP contribution in [0.2, 0.25) is 0 Å². The van der Waals surface area contributed by atoms with Gasteiger partial charge in [-0.3, -0.25) is 9.58 Å². The van der Waals surface area contributed by atoms with Crippen LogP contribution >= 0.6 is 0 Å². The van der Waals surface area contributed by atoms with Gasteiger partial charge in [0.2, 0.25) is 0 Å². The summed E-state index contributed by atoms with van der Waals surface area (Å²) in [7, 11) is 5.33. The number of aryl methyl sites for hydroxylation is 1. The number of alkyl halides is 1. The molecule has 0 unspecified atom stereocenters. The number of halogens is 1. The summed E-state index contributed by atoms with van der Waals surface area (Å²) >= 11 is 0. The third kappa shape index (κ3) is 3.67. The molecule has 0 spiro atoms. The lowest BCUT2D eigenvalue weighted by Gasteiger charge is -2.18. The Balaban J connectivity index is 1.64. The Bertz CT molecular complexity index is 1260. The third-order valence-electron chi connectivity index (χ3n) is 5.71. The van der Waals surface area contributed by atoms with Crippen LogP contribution in [-0.2, 0) is 7.05 Å². The molecule has 2 atom stereocenters. The molecule has 0 N–H and O–H groups in total. The highest BCUT2D eigenvalue weighted by atomic mass is 19.1. The molecule has 5 rings (SSSR count). The van der Waals surface area contributed by atoms with Gasteiger partial charge in [0.05, 0.1) is 18.3 Å². The second-order valence-corrected chi connectivity index (χ2v) is 8.07. The molecule has 0 radical (unpaired) electrons.